The van der Waals surface area contributed by atoms with Gasteiger partial charge in [-0.05, 0) is 18.9 Å². The van der Waals surface area contributed by atoms with Gasteiger partial charge in [-0.1, -0.05) is 13.8 Å². The average molecular weight is 213 g/mol. The molecule has 0 aromatic rings. The van der Waals surface area contributed by atoms with Crippen molar-refractivity contribution in [1.29, 1.82) is 0 Å². The number of hydrogen-bond acceptors (Lipinski definition) is 3. The molecule has 15 heavy (non-hydrogen) atoms. The predicted octanol–water partition coefficient (Wildman–Crippen LogP) is 0.134. The monoisotopic (exact) mass is 213 g/mol. The molecule has 1 saturated heterocycles. The minimum absolute atomic E-state index is 0.0526. The fourth-order valence-electron chi connectivity index (χ4n) is 2.41. The van der Waals surface area contributed by atoms with E-state index in [1.54, 1.807) is 0 Å². The molecule has 1 aliphatic heterocycles. The van der Waals surface area contributed by atoms with Crippen LogP contribution < -0.4 is 5.73 Å². The molecule has 0 aromatic carbocycles. The van der Waals surface area contributed by atoms with Gasteiger partial charge in [0.05, 0.1) is 6.54 Å². The zero-order valence-electron chi connectivity index (χ0n) is 10.1. The van der Waals surface area contributed by atoms with Crippen LogP contribution in [-0.4, -0.2) is 55.0 Å². The van der Waals surface area contributed by atoms with E-state index < -0.39 is 0 Å². The number of nitrogens with zero attached hydrogens (tertiary/aromatic N) is 2. The first-order chi connectivity index (χ1) is 7.10. The molecule has 4 nitrogen and oxygen atoms in total. The third-order valence-corrected chi connectivity index (χ3v) is 3.46. The van der Waals surface area contributed by atoms with Crippen molar-refractivity contribution in [2.45, 2.75) is 26.3 Å². The second kappa shape index (κ2) is 5.47. The van der Waals surface area contributed by atoms with Crippen molar-refractivity contribution < 1.29 is 4.79 Å². The number of rotatable bonds is 3. The Morgan fingerprint density at radius 3 is 2.73 bits per heavy atom. The second-order valence-corrected chi connectivity index (χ2v) is 4.44. The summed E-state index contributed by atoms with van der Waals surface area (Å²) in [5.74, 6) is 0.594. The molecule has 1 fully saturated rings. The Morgan fingerprint density at radius 1 is 1.60 bits per heavy atom. The molecule has 0 spiro atoms. The lowest BCUT2D eigenvalue weighted by atomic mass is 9.92. The van der Waals surface area contributed by atoms with Crippen molar-refractivity contribution >= 4 is 5.91 Å². The maximum Gasteiger partial charge on any atom is 0.236 e. The van der Waals surface area contributed by atoms with Gasteiger partial charge in [0.25, 0.3) is 0 Å². The summed E-state index contributed by atoms with van der Waals surface area (Å²) in [6, 6.07) is 0.365. The van der Waals surface area contributed by atoms with Crippen LogP contribution in [0.3, 0.4) is 0 Å². The molecule has 0 aromatic heterocycles. The summed E-state index contributed by atoms with van der Waals surface area (Å²) in [5, 5.41) is 0. The number of amides is 1. The van der Waals surface area contributed by atoms with Gasteiger partial charge in [-0.2, -0.15) is 0 Å². The number of hydrogen-bond donors (Lipinski definition) is 1. The molecule has 1 heterocycles. The summed E-state index contributed by atoms with van der Waals surface area (Å²) in [7, 11) is 1.87. The minimum atomic E-state index is 0.0526. The molecular formula is C11H23N3O. The van der Waals surface area contributed by atoms with Crippen LogP contribution in [0, 0.1) is 5.92 Å². The van der Waals surface area contributed by atoms with Crippen LogP contribution in [0.4, 0.5) is 0 Å². The van der Waals surface area contributed by atoms with E-state index in [1.165, 1.54) is 0 Å². The lowest BCUT2D eigenvalue weighted by molar-refractivity contribution is -0.132. The predicted molar refractivity (Wildman–Crippen MR) is 61.5 cm³/mol. The van der Waals surface area contributed by atoms with Crippen LogP contribution in [0.5, 0.6) is 0 Å². The molecule has 0 aliphatic carbocycles. The minimum Gasteiger partial charge on any atom is -0.341 e. The van der Waals surface area contributed by atoms with E-state index in [2.05, 4.69) is 18.7 Å². The molecule has 0 radical (unpaired) electrons. The van der Waals surface area contributed by atoms with Crippen LogP contribution in [-0.2, 0) is 4.79 Å². The van der Waals surface area contributed by atoms with Gasteiger partial charge in [0, 0.05) is 26.2 Å². The first-order valence-electron chi connectivity index (χ1n) is 5.78. The lowest BCUT2D eigenvalue weighted by Crippen LogP contribution is -2.51. The number of likely N-dealkylation sites (tertiary alicyclic amines) is 1. The highest BCUT2D eigenvalue weighted by atomic mass is 16.2. The van der Waals surface area contributed by atoms with Crippen molar-refractivity contribution in [3.63, 3.8) is 0 Å². The quantitative estimate of drug-likeness (QED) is 0.725. The Morgan fingerprint density at radius 2 is 2.27 bits per heavy atom. The molecule has 0 bridgehead atoms. The molecule has 2 unspecified atom stereocenters. The average Bonchev–Trinajstić information content (AvgIpc) is 2.26. The molecule has 88 valence electrons. The molecule has 2 atom stereocenters. The zero-order chi connectivity index (χ0) is 11.4. The number of carbonyl (C=O) groups is 1. The van der Waals surface area contributed by atoms with Gasteiger partial charge in [-0.25, -0.2) is 0 Å². The molecule has 1 amide bonds. The van der Waals surface area contributed by atoms with Gasteiger partial charge >= 0.3 is 0 Å². The first-order valence-corrected chi connectivity index (χ1v) is 5.78. The Labute approximate surface area is 92.4 Å². The summed E-state index contributed by atoms with van der Waals surface area (Å²) in [6.07, 6.45) is 1.07. The Balaban J connectivity index is 2.53. The highest BCUT2D eigenvalue weighted by molar-refractivity contribution is 5.78. The molecule has 4 heteroatoms. The van der Waals surface area contributed by atoms with E-state index in [9.17, 15) is 4.79 Å². The van der Waals surface area contributed by atoms with E-state index in [1.807, 2.05) is 11.9 Å². The fraction of sp³-hybridized carbons (Fsp3) is 0.909. The summed E-state index contributed by atoms with van der Waals surface area (Å²) in [5.41, 5.74) is 5.38. The molecule has 1 rings (SSSR count). The van der Waals surface area contributed by atoms with E-state index in [4.69, 9.17) is 5.73 Å². The number of carbonyl (C=O) groups excluding carboxylic acids is 1. The van der Waals surface area contributed by atoms with Crippen LogP contribution >= 0.6 is 0 Å². The number of likely N-dealkylation sites (N-methyl/N-ethyl adjacent to an activating group) is 1. The summed E-state index contributed by atoms with van der Waals surface area (Å²) in [6.45, 7) is 7.80. The van der Waals surface area contributed by atoms with Crippen molar-refractivity contribution in [1.82, 2.24) is 9.80 Å². The molecule has 1 aliphatic rings. The van der Waals surface area contributed by atoms with Crippen molar-refractivity contribution in [3.8, 4) is 0 Å². The van der Waals surface area contributed by atoms with Gasteiger partial charge in [0.1, 0.15) is 0 Å². The largest absolute Gasteiger partial charge is 0.341 e. The Hall–Kier alpha value is -0.610. The molecule has 2 N–H and O–H groups in total. The first kappa shape index (κ1) is 12.5. The second-order valence-electron chi connectivity index (χ2n) is 4.44. The molecule has 0 saturated carbocycles. The van der Waals surface area contributed by atoms with Crippen molar-refractivity contribution in [2.75, 3.05) is 33.2 Å². The summed E-state index contributed by atoms with van der Waals surface area (Å²) >= 11 is 0. The van der Waals surface area contributed by atoms with E-state index >= 15 is 0 Å². The topological polar surface area (TPSA) is 49.6 Å². The van der Waals surface area contributed by atoms with Gasteiger partial charge in [-0.15, -0.1) is 0 Å². The molecular weight excluding hydrogens is 190 g/mol. The van der Waals surface area contributed by atoms with Gasteiger partial charge in [0.15, 0.2) is 0 Å². The SMILES string of the molecule is CCN1CCC(N(C)C(=O)CN)C(C)C1. The van der Waals surface area contributed by atoms with Gasteiger partial charge in [0.2, 0.25) is 5.91 Å². The maximum atomic E-state index is 11.5. The fourth-order valence-corrected chi connectivity index (χ4v) is 2.41. The summed E-state index contributed by atoms with van der Waals surface area (Å²) in [4.78, 5) is 15.8. The zero-order valence-corrected chi connectivity index (χ0v) is 10.1. The van der Waals surface area contributed by atoms with Crippen molar-refractivity contribution in [3.05, 3.63) is 0 Å². The lowest BCUT2D eigenvalue weighted by Gasteiger charge is -2.40. The van der Waals surface area contributed by atoms with Crippen LogP contribution in [0.2, 0.25) is 0 Å². The standard InChI is InChI=1S/C11H23N3O/c1-4-14-6-5-10(9(2)8-14)13(3)11(15)7-12/h9-10H,4-8,12H2,1-3H3. The van der Waals surface area contributed by atoms with Crippen LogP contribution in [0.1, 0.15) is 20.3 Å². The van der Waals surface area contributed by atoms with E-state index in [0.29, 0.717) is 12.0 Å². The Kier molecular flexibility index (Phi) is 4.54. The normalized spacial score (nSPS) is 27.7. The third-order valence-electron chi connectivity index (χ3n) is 3.46. The van der Waals surface area contributed by atoms with Crippen molar-refractivity contribution in [2.24, 2.45) is 11.7 Å². The van der Waals surface area contributed by atoms with Crippen LogP contribution in [0.25, 0.3) is 0 Å². The van der Waals surface area contributed by atoms with E-state index in [-0.39, 0.29) is 12.5 Å². The third kappa shape index (κ3) is 2.92. The smallest absolute Gasteiger partial charge is 0.236 e. The van der Waals surface area contributed by atoms with Gasteiger partial charge < -0.3 is 15.5 Å². The maximum absolute atomic E-state index is 11.5. The van der Waals surface area contributed by atoms with E-state index in [0.717, 1.165) is 26.1 Å². The highest BCUT2D eigenvalue weighted by Crippen LogP contribution is 2.20. The number of nitrogens with two attached hydrogens (primary N) is 1. The highest BCUT2D eigenvalue weighted by Gasteiger charge is 2.29. The van der Waals surface area contributed by atoms with Gasteiger partial charge in [-0.3, -0.25) is 4.79 Å². The Bertz CT molecular complexity index is 220. The number of piperidine rings is 1. The van der Waals surface area contributed by atoms with Crippen LogP contribution in [0.15, 0.2) is 0 Å². The summed E-state index contributed by atoms with van der Waals surface area (Å²) < 4.78 is 0.